The zero-order valence-corrected chi connectivity index (χ0v) is 15.6. The lowest BCUT2D eigenvalue weighted by Gasteiger charge is -2.32. The highest BCUT2D eigenvalue weighted by Crippen LogP contribution is 2.20. The Balaban J connectivity index is 1.48. The van der Waals surface area contributed by atoms with Crippen molar-refractivity contribution >= 4 is 17.9 Å². The number of benzene rings is 1. The minimum atomic E-state index is -0.0196. The van der Waals surface area contributed by atoms with Crippen molar-refractivity contribution in [3.8, 4) is 0 Å². The molecule has 2 heterocycles. The van der Waals surface area contributed by atoms with Gasteiger partial charge in [0.2, 0.25) is 11.8 Å². The number of rotatable bonds is 5. The summed E-state index contributed by atoms with van der Waals surface area (Å²) in [6, 6.07) is 13.6. The van der Waals surface area contributed by atoms with E-state index in [1.54, 1.807) is 23.4 Å². The molecule has 0 bridgehead atoms. The molecule has 1 fully saturated rings. The third-order valence-corrected chi connectivity index (χ3v) is 4.89. The lowest BCUT2D eigenvalue weighted by molar-refractivity contribution is -0.138. The van der Waals surface area contributed by atoms with Crippen LogP contribution < -0.4 is 0 Å². The molecule has 0 atom stereocenters. The smallest absolute Gasteiger partial charge is 0.246 e. The van der Waals surface area contributed by atoms with Gasteiger partial charge in [-0.05, 0) is 36.1 Å². The molecule has 2 amide bonds. The fraction of sp³-hybridized carbons (Fsp3) is 0.318. The molecule has 0 unspecified atom stereocenters. The Morgan fingerprint density at radius 3 is 2.56 bits per heavy atom. The zero-order chi connectivity index (χ0) is 19.1. The number of pyridine rings is 1. The maximum atomic E-state index is 12.7. The van der Waals surface area contributed by atoms with Crippen LogP contribution in [-0.2, 0) is 16.1 Å². The van der Waals surface area contributed by atoms with Gasteiger partial charge in [0.25, 0.3) is 0 Å². The predicted molar refractivity (Wildman–Crippen MR) is 105 cm³/mol. The summed E-state index contributed by atoms with van der Waals surface area (Å²) in [5.41, 5.74) is 2.03. The van der Waals surface area contributed by atoms with Crippen LogP contribution in [0.5, 0.6) is 0 Å². The molecule has 5 heteroatoms. The molecule has 1 aromatic carbocycles. The molecule has 1 saturated heterocycles. The van der Waals surface area contributed by atoms with E-state index in [0.29, 0.717) is 32.5 Å². The molecule has 3 rings (SSSR count). The van der Waals surface area contributed by atoms with Crippen LogP contribution in [0.25, 0.3) is 6.08 Å². The number of hydrogen-bond donors (Lipinski definition) is 0. The Labute approximate surface area is 160 Å². The minimum absolute atomic E-state index is 0.00784. The van der Waals surface area contributed by atoms with Crippen LogP contribution in [0.1, 0.15) is 24.0 Å². The molecular formula is C22H25N3O2. The number of nitrogens with zero attached hydrogens (tertiary/aromatic N) is 3. The second kappa shape index (κ2) is 9.12. The minimum Gasteiger partial charge on any atom is -0.341 e. The number of amides is 2. The lowest BCUT2D eigenvalue weighted by Crippen LogP contribution is -2.42. The Morgan fingerprint density at radius 2 is 1.89 bits per heavy atom. The van der Waals surface area contributed by atoms with Gasteiger partial charge in [-0.1, -0.05) is 36.4 Å². The second-order valence-corrected chi connectivity index (χ2v) is 6.90. The normalized spacial score (nSPS) is 15.1. The van der Waals surface area contributed by atoms with Gasteiger partial charge in [-0.25, -0.2) is 0 Å². The van der Waals surface area contributed by atoms with Crippen molar-refractivity contribution in [2.24, 2.45) is 5.92 Å². The van der Waals surface area contributed by atoms with E-state index >= 15 is 0 Å². The van der Waals surface area contributed by atoms with Crippen molar-refractivity contribution in [1.29, 1.82) is 0 Å². The summed E-state index contributed by atoms with van der Waals surface area (Å²) in [6.45, 7) is 1.80. The lowest BCUT2D eigenvalue weighted by atomic mass is 9.95. The average molecular weight is 363 g/mol. The van der Waals surface area contributed by atoms with Gasteiger partial charge in [-0.2, -0.15) is 0 Å². The fourth-order valence-electron chi connectivity index (χ4n) is 3.34. The maximum absolute atomic E-state index is 12.7. The van der Waals surface area contributed by atoms with Crippen LogP contribution in [0.4, 0.5) is 0 Å². The number of hydrogen-bond acceptors (Lipinski definition) is 3. The molecule has 2 aromatic rings. The number of aromatic nitrogens is 1. The maximum Gasteiger partial charge on any atom is 0.246 e. The van der Waals surface area contributed by atoms with Crippen molar-refractivity contribution in [1.82, 2.24) is 14.8 Å². The van der Waals surface area contributed by atoms with E-state index in [4.69, 9.17) is 0 Å². The van der Waals surface area contributed by atoms with E-state index in [2.05, 4.69) is 4.98 Å². The van der Waals surface area contributed by atoms with Gasteiger partial charge in [-0.3, -0.25) is 14.6 Å². The van der Waals surface area contributed by atoms with Gasteiger partial charge in [-0.15, -0.1) is 0 Å². The molecular weight excluding hydrogens is 338 g/mol. The van der Waals surface area contributed by atoms with E-state index in [1.165, 1.54) is 0 Å². The van der Waals surface area contributed by atoms with Crippen molar-refractivity contribution in [3.63, 3.8) is 0 Å². The third-order valence-electron chi connectivity index (χ3n) is 4.89. The first-order valence-corrected chi connectivity index (χ1v) is 9.29. The largest absolute Gasteiger partial charge is 0.341 e. The first-order valence-electron chi connectivity index (χ1n) is 9.29. The van der Waals surface area contributed by atoms with Crippen LogP contribution >= 0.6 is 0 Å². The molecule has 1 aliphatic rings. The Bertz CT molecular complexity index is 782. The Morgan fingerprint density at radius 1 is 1.15 bits per heavy atom. The van der Waals surface area contributed by atoms with Gasteiger partial charge in [0.15, 0.2) is 0 Å². The molecule has 1 aliphatic heterocycles. The van der Waals surface area contributed by atoms with Gasteiger partial charge in [0.1, 0.15) is 0 Å². The summed E-state index contributed by atoms with van der Waals surface area (Å²) in [6.07, 6.45) is 8.38. The average Bonchev–Trinajstić information content (AvgIpc) is 2.73. The number of likely N-dealkylation sites (tertiary alicyclic amines) is 1. The second-order valence-electron chi connectivity index (χ2n) is 6.90. The molecule has 27 heavy (non-hydrogen) atoms. The summed E-state index contributed by atoms with van der Waals surface area (Å²) in [4.78, 5) is 32.7. The first-order chi connectivity index (χ1) is 13.1. The summed E-state index contributed by atoms with van der Waals surface area (Å²) in [5.74, 6) is 0.132. The standard InChI is InChI=1S/C22H25N3O2/c1-24(17-19-8-5-13-23-16-19)22(27)20-11-14-25(15-12-20)21(26)10-9-18-6-3-2-4-7-18/h2-10,13,16,20H,11-12,14-15,17H2,1H3/b10-9+. The van der Waals surface area contributed by atoms with Crippen LogP contribution in [0, 0.1) is 5.92 Å². The van der Waals surface area contributed by atoms with Crippen molar-refractivity contribution in [2.75, 3.05) is 20.1 Å². The van der Waals surface area contributed by atoms with Crippen LogP contribution in [0.3, 0.4) is 0 Å². The molecule has 5 nitrogen and oxygen atoms in total. The third kappa shape index (κ3) is 5.26. The molecule has 0 N–H and O–H groups in total. The van der Waals surface area contributed by atoms with Crippen molar-refractivity contribution in [3.05, 3.63) is 72.1 Å². The number of carbonyl (C=O) groups excluding carboxylic acids is 2. The molecule has 0 aliphatic carbocycles. The van der Waals surface area contributed by atoms with Gasteiger partial charge >= 0.3 is 0 Å². The highest BCUT2D eigenvalue weighted by Gasteiger charge is 2.28. The SMILES string of the molecule is CN(Cc1cccnc1)C(=O)C1CCN(C(=O)/C=C/c2ccccc2)CC1. The fourth-order valence-corrected chi connectivity index (χ4v) is 3.34. The molecule has 1 aromatic heterocycles. The predicted octanol–water partition coefficient (Wildman–Crippen LogP) is 2.99. The van der Waals surface area contributed by atoms with Gasteiger partial charge in [0.05, 0.1) is 0 Å². The number of piperidine rings is 1. The highest BCUT2D eigenvalue weighted by atomic mass is 16.2. The van der Waals surface area contributed by atoms with E-state index in [1.807, 2.05) is 60.5 Å². The highest BCUT2D eigenvalue weighted by molar-refractivity contribution is 5.92. The Kier molecular flexibility index (Phi) is 6.36. The van der Waals surface area contributed by atoms with E-state index in [0.717, 1.165) is 11.1 Å². The molecule has 0 spiro atoms. The molecule has 0 radical (unpaired) electrons. The van der Waals surface area contributed by atoms with Crippen molar-refractivity contribution in [2.45, 2.75) is 19.4 Å². The van der Waals surface area contributed by atoms with E-state index in [-0.39, 0.29) is 17.7 Å². The number of carbonyl (C=O) groups is 2. The summed E-state index contributed by atoms with van der Waals surface area (Å²) in [7, 11) is 1.83. The van der Waals surface area contributed by atoms with Gasteiger partial charge in [0, 0.05) is 51.1 Å². The summed E-state index contributed by atoms with van der Waals surface area (Å²) < 4.78 is 0. The summed E-state index contributed by atoms with van der Waals surface area (Å²) >= 11 is 0. The monoisotopic (exact) mass is 363 g/mol. The van der Waals surface area contributed by atoms with Gasteiger partial charge < -0.3 is 9.80 Å². The molecule has 0 saturated carbocycles. The topological polar surface area (TPSA) is 53.5 Å². The van der Waals surface area contributed by atoms with Crippen molar-refractivity contribution < 1.29 is 9.59 Å². The van der Waals surface area contributed by atoms with Crippen LogP contribution in [-0.4, -0.2) is 46.7 Å². The summed E-state index contributed by atoms with van der Waals surface area (Å²) in [5, 5.41) is 0. The van der Waals surface area contributed by atoms with Crippen LogP contribution in [0.15, 0.2) is 60.9 Å². The van der Waals surface area contributed by atoms with E-state index < -0.39 is 0 Å². The van der Waals surface area contributed by atoms with Crippen LogP contribution in [0.2, 0.25) is 0 Å². The molecule has 140 valence electrons. The quantitative estimate of drug-likeness (QED) is 0.768. The first kappa shape index (κ1) is 18.8. The Hall–Kier alpha value is -2.95. The zero-order valence-electron chi connectivity index (χ0n) is 15.6. The van der Waals surface area contributed by atoms with E-state index in [9.17, 15) is 9.59 Å².